The Balaban J connectivity index is 3.30. The molecular formula is C12H20N2O. The lowest BCUT2D eigenvalue weighted by Gasteiger charge is -2.20. The van der Waals surface area contributed by atoms with Crippen LogP contribution in [0.1, 0.15) is 46.0 Å². The number of aromatic nitrogens is 2. The average molecular weight is 208 g/mol. The van der Waals surface area contributed by atoms with Gasteiger partial charge in [0.2, 0.25) is 0 Å². The quantitative estimate of drug-likeness (QED) is 0.811. The van der Waals surface area contributed by atoms with E-state index < -0.39 is 0 Å². The minimum atomic E-state index is -0.00687. The Labute approximate surface area is 91.4 Å². The standard InChI is InChI=1S/C12H20N2O/c1-6-9(2)14-11(12(3,4)5)7-10(8-15)13-14/h6-7,15H,8H2,1-5H3. The van der Waals surface area contributed by atoms with Gasteiger partial charge in [-0.3, -0.25) is 0 Å². The molecule has 3 heteroatoms. The normalized spacial score (nSPS) is 13.3. The van der Waals surface area contributed by atoms with Gasteiger partial charge in [-0.25, -0.2) is 4.68 Å². The Morgan fingerprint density at radius 1 is 1.53 bits per heavy atom. The molecule has 0 aliphatic carbocycles. The number of hydrogen-bond acceptors (Lipinski definition) is 2. The maximum absolute atomic E-state index is 9.10. The van der Waals surface area contributed by atoms with Crippen molar-refractivity contribution < 1.29 is 5.11 Å². The molecule has 3 nitrogen and oxygen atoms in total. The Hall–Kier alpha value is -1.09. The molecule has 1 aromatic rings. The molecule has 0 bridgehead atoms. The number of nitrogens with zero attached hydrogens (tertiary/aromatic N) is 2. The smallest absolute Gasteiger partial charge is 0.0886 e. The van der Waals surface area contributed by atoms with E-state index >= 15 is 0 Å². The van der Waals surface area contributed by atoms with E-state index in [1.54, 1.807) is 0 Å². The first kappa shape index (κ1) is 12.0. The third-order valence-corrected chi connectivity index (χ3v) is 2.44. The zero-order chi connectivity index (χ0) is 11.6. The van der Waals surface area contributed by atoms with Crippen molar-refractivity contribution in [1.82, 2.24) is 9.78 Å². The fraction of sp³-hybridized carbons (Fsp3) is 0.583. The second kappa shape index (κ2) is 4.19. The van der Waals surface area contributed by atoms with Gasteiger partial charge < -0.3 is 5.11 Å². The van der Waals surface area contributed by atoms with Crippen molar-refractivity contribution in [2.45, 2.75) is 46.6 Å². The molecule has 0 spiro atoms. The molecule has 0 unspecified atom stereocenters. The fourth-order valence-corrected chi connectivity index (χ4v) is 1.43. The van der Waals surface area contributed by atoms with Crippen LogP contribution in [0.3, 0.4) is 0 Å². The summed E-state index contributed by atoms with van der Waals surface area (Å²) in [4.78, 5) is 0. The van der Waals surface area contributed by atoms with Gasteiger partial charge in [0.15, 0.2) is 0 Å². The Bertz CT molecular complexity index is 369. The van der Waals surface area contributed by atoms with Gasteiger partial charge in [-0.05, 0) is 19.9 Å². The van der Waals surface area contributed by atoms with E-state index in [1.807, 2.05) is 30.7 Å². The predicted octanol–water partition coefficient (Wildman–Crippen LogP) is 2.55. The molecule has 0 aliphatic rings. The summed E-state index contributed by atoms with van der Waals surface area (Å²) in [6, 6.07) is 1.97. The highest BCUT2D eigenvalue weighted by Crippen LogP contribution is 2.25. The van der Waals surface area contributed by atoms with Crippen molar-refractivity contribution in [3.8, 4) is 0 Å². The van der Waals surface area contributed by atoms with Gasteiger partial charge in [0.25, 0.3) is 0 Å². The average Bonchev–Trinajstić information content (AvgIpc) is 2.59. The van der Waals surface area contributed by atoms with Gasteiger partial charge in [-0.1, -0.05) is 26.8 Å². The van der Waals surface area contributed by atoms with E-state index in [4.69, 9.17) is 5.11 Å². The Morgan fingerprint density at radius 3 is 2.53 bits per heavy atom. The lowest BCUT2D eigenvalue weighted by atomic mass is 9.92. The summed E-state index contributed by atoms with van der Waals surface area (Å²) in [5, 5.41) is 13.5. The Morgan fingerprint density at radius 2 is 2.13 bits per heavy atom. The minimum absolute atomic E-state index is 0.00687. The minimum Gasteiger partial charge on any atom is -0.390 e. The largest absolute Gasteiger partial charge is 0.390 e. The highest BCUT2D eigenvalue weighted by atomic mass is 16.3. The molecule has 15 heavy (non-hydrogen) atoms. The van der Waals surface area contributed by atoms with E-state index in [0.717, 1.165) is 17.1 Å². The molecule has 1 N–H and O–H groups in total. The van der Waals surface area contributed by atoms with E-state index in [2.05, 4.69) is 25.9 Å². The molecule has 1 heterocycles. The second-order valence-corrected chi connectivity index (χ2v) is 4.77. The van der Waals surface area contributed by atoms with Crippen LogP contribution in [0.15, 0.2) is 12.1 Å². The van der Waals surface area contributed by atoms with Gasteiger partial charge in [0.05, 0.1) is 12.3 Å². The fourth-order valence-electron chi connectivity index (χ4n) is 1.43. The SMILES string of the molecule is CC=C(C)n1nc(CO)cc1C(C)(C)C. The van der Waals surface area contributed by atoms with Crippen molar-refractivity contribution in [3.05, 3.63) is 23.5 Å². The second-order valence-electron chi connectivity index (χ2n) is 4.77. The van der Waals surface area contributed by atoms with Gasteiger partial charge in [-0.2, -0.15) is 5.10 Å². The number of allylic oxidation sites excluding steroid dienone is 2. The van der Waals surface area contributed by atoms with Crippen LogP contribution in [0.2, 0.25) is 0 Å². The zero-order valence-corrected chi connectivity index (χ0v) is 10.2. The lowest BCUT2D eigenvalue weighted by molar-refractivity contribution is 0.276. The summed E-state index contributed by atoms with van der Waals surface area (Å²) >= 11 is 0. The van der Waals surface area contributed by atoms with Crippen molar-refractivity contribution >= 4 is 5.70 Å². The molecule has 0 aliphatic heterocycles. The number of hydrogen-bond donors (Lipinski definition) is 1. The lowest BCUT2D eigenvalue weighted by Crippen LogP contribution is -2.17. The summed E-state index contributed by atoms with van der Waals surface area (Å²) in [6.45, 7) is 10.4. The first-order valence-corrected chi connectivity index (χ1v) is 5.23. The van der Waals surface area contributed by atoms with Crippen LogP contribution in [0.4, 0.5) is 0 Å². The molecular weight excluding hydrogens is 188 g/mol. The third-order valence-electron chi connectivity index (χ3n) is 2.44. The van der Waals surface area contributed by atoms with Crippen LogP contribution >= 0.6 is 0 Å². The molecule has 0 atom stereocenters. The summed E-state index contributed by atoms with van der Waals surface area (Å²) in [5.41, 5.74) is 2.97. The molecule has 0 saturated carbocycles. The van der Waals surface area contributed by atoms with Gasteiger partial charge in [0.1, 0.15) is 0 Å². The van der Waals surface area contributed by atoms with E-state index in [0.29, 0.717) is 0 Å². The monoisotopic (exact) mass is 208 g/mol. The highest BCUT2D eigenvalue weighted by molar-refractivity contribution is 5.43. The zero-order valence-electron chi connectivity index (χ0n) is 10.2. The molecule has 0 aromatic carbocycles. The number of aliphatic hydroxyl groups excluding tert-OH is 1. The molecule has 1 rings (SSSR count). The molecule has 0 radical (unpaired) electrons. The first-order valence-electron chi connectivity index (χ1n) is 5.23. The first-order chi connectivity index (χ1) is 6.90. The van der Waals surface area contributed by atoms with Crippen molar-refractivity contribution in [2.24, 2.45) is 0 Å². The van der Waals surface area contributed by atoms with Crippen LogP contribution in [-0.2, 0) is 12.0 Å². The topological polar surface area (TPSA) is 38.0 Å². The van der Waals surface area contributed by atoms with Crippen molar-refractivity contribution in [3.63, 3.8) is 0 Å². The maximum Gasteiger partial charge on any atom is 0.0886 e. The molecule has 0 fully saturated rings. The number of aliphatic hydroxyl groups is 1. The van der Waals surface area contributed by atoms with Crippen LogP contribution in [0.25, 0.3) is 5.70 Å². The summed E-state index contributed by atoms with van der Waals surface area (Å²) in [5.74, 6) is 0. The molecule has 1 aromatic heterocycles. The molecule has 0 amide bonds. The third kappa shape index (κ3) is 2.48. The van der Waals surface area contributed by atoms with Crippen molar-refractivity contribution in [1.29, 1.82) is 0 Å². The summed E-state index contributed by atoms with van der Waals surface area (Å²) in [6.07, 6.45) is 2.02. The van der Waals surface area contributed by atoms with Crippen LogP contribution in [-0.4, -0.2) is 14.9 Å². The van der Waals surface area contributed by atoms with E-state index in [9.17, 15) is 0 Å². The molecule has 0 saturated heterocycles. The van der Waals surface area contributed by atoms with E-state index in [-0.39, 0.29) is 12.0 Å². The van der Waals surface area contributed by atoms with Crippen LogP contribution < -0.4 is 0 Å². The summed E-state index contributed by atoms with van der Waals surface area (Å²) in [7, 11) is 0. The highest BCUT2D eigenvalue weighted by Gasteiger charge is 2.21. The Kier molecular flexibility index (Phi) is 3.35. The van der Waals surface area contributed by atoms with Gasteiger partial charge in [0, 0.05) is 16.8 Å². The maximum atomic E-state index is 9.10. The van der Waals surface area contributed by atoms with Gasteiger partial charge >= 0.3 is 0 Å². The summed E-state index contributed by atoms with van der Waals surface area (Å²) < 4.78 is 1.91. The molecule has 84 valence electrons. The van der Waals surface area contributed by atoms with Crippen LogP contribution in [0, 0.1) is 0 Å². The van der Waals surface area contributed by atoms with E-state index in [1.165, 1.54) is 0 Å². The van der Waals surface area contributed by atoms with Crippen molar-refractivity contribution in [2.75, 3.05) is 0 Å². The van der Waals surface area contributed by atoms with Crippen LogP contribution in [0.5, 0.6) is 0 Å². The number of rotatable bonds is 2. The van der Waals surface area contributed by atoms with Gasteiger partial charge in [-0.15, -0.1) is 0 Å². The predicted molar refractivity (Wildman–Crippen MR) is 62.5 cm³/mol.